The topological polar surface area (TPSA) is 75.9 Å². The van der Waals surface area contributed by atoms with Gasteiger partial charge in [0.1, 0.15) is 11.6 Å². The smallest absolute Gasteiger partial charge is 0.223 e. The van der Waals surface area contributed by atoms with E-state index in [0.717, 1.165) is 24.1 Å². The van der Waals surface area contributed by atoms with E-state index < -0.39 is 0 Å². The summed E-state index contributed by atoms with van der Waals surface area (Å²) in [6.07, 6.45) is 5.37. The quantitative estimate of drug-likeness (QED) is 0.637. The van der Waals surface area contributed by atoms with Crippen molar-refractivity contribution in [1.82, 2.24) is 9.97 Å². The molecule has 5 nitrogen and oxygen atoms in total. The molecule has 0 aromatic carbocycles. The molecule has 1 aliphatic rings. The Bertz CT molecular complexity index is 348. The summed E-state index contributed by atoms with van der Waals surface area (Å²) >= 11 is 0. The first-order valence-corrected chi connectivity index (χ1v) is 5.84. The number of nitrogens with zero attached hydrogens (tertiary/aromatic N) is 2. The predicted molar refractivity (Wildman–Crippen MR) is 66.4 cm³/mol. The molecule has 0 aliphatic heterocycles. The second-order valence-corrected chi connectivity index (χ2v) is 4.26. The van der Waals surface area contributed by atoms with Crippen molar-refractivity contribution in [3.63, 3.8) is 0 Å². The average Bonchev–Trinajstić information content (AvgIpc) is 3.07. The summed E-state index contributed by atoms with van der Waals surface area (Å²) in [4.78, 5) is 8.16. The van der Waals surface area contributed by atoms with E-state index in [-0.39, 0.29) is 0 Å². The van der Waals surface area contributed by atoms with Gasteiger partial charge < -0.3 is 16.4 Å². The first kappa shape index (κ1) is 11.0. The third kappa shape index (κ3) is 3.25. The normalized spacial score (nSPS) is 14.8. The molecular formula is C11H19N5. The zero-order chi connectivity index (χ0) is 11.4. The zero-order valence-corrected chi connectivity index (χ0v) is 9.66. The van der Waals surface area contributed by atoms with Gasteiger partial charge in [-0.1, -0.05) is 12.8 Å². The minimum Gasteiger partial charge on any atom is -0.373 e. The largest absolute Gasteiger partial charge is 0.373 e. The van der Waals surface area contributed by atoms with E-state index in [4.69, 9.17) is 5.73 Å². The highest BCUT2D eigenvalue weighted by molar-refractivity contribution is 5.50. The molecule has 5 heteroatoms. The molecule has 88 valence electrons. The van der Waals surface area contributed by atoms with Gasteiger partial charge in [-0.15, -0.1) is 0 Å². The third-order valence-electron chi connectivity index (χ3n) is 2.79. The maximum atomic E-state index is 5.60. The summed E-state index contributed by atoms with van der Waals surface area (Å²) in [5, 5.41) is 6.23. The van der Waals surface area contributed by atoms with Crippen LogP contribution < -0.4 is 16.4 Å². The Morgan fingerprint density at radius 1 is 1.38 bits per heavy atom. The number of nitrogen functional groups attached to an aromatic ring is 1. The van der Waals surface area contributed by atoms with E-state index in [1.54, 1.807) is 0 Å². The van der Waals surface area contributed by atoms with Crippen molar-refractivity contribution in [3.05, 3.63) is 6.07 Å². The Labute approximate surface area is 95.9 Å². The number of aromatic nitrogens is 2. The van der Waals surface area contributed by atoms with Crippen molar-refractivity contribution in [2.45, 2.75) is 25.7 Å². The molecule has 1 aliphatic carbocycles. The minimum absolute atomic E-state index is 0.302. The fraction of sp³-hybridized carbons (Fsp3) is 0.636. The highest BCUT2D eigenvalue weighted by Gasteiger charge is 2.19. The Morgan fingerprint density at radius 3 is 2.81 bits per heavy atom. The lowest BCUT2D eigenvalue weighted by Gasteiger charge is -2.07. The summed E-state index contributed by atoms with van der Waals surface area (Å²) < 4.78 is 0. The summed E-state index contributed by atoms with van der Waals surface area (Å²) in [6.45, 7) is 0.954. The molecule has 0 bridgehead atoms. The standard InChI is InChI=1S/C11H19N5/c1-13-9-7-10(16-11(12)15-9)14-6-2-3-8-4-5-8/h7-8H,2-6H2,1H3,(H4,12,13,14,15,16). The molecule has 1 fully saturated rings. The van der Waals surface area contributed by atoms with Crippen LogP contribution in [0.15, 0.2) is 6.07 Å². The Morgan fingerprint density at radius 2 is 2.12 bits per heavy atom. The molecule has 1 heterocycles. The predicted octanol–water partition coefficient (Wildman–Crippen LogP) is 1.70. The molecule has 0 atom stereocenters. The molecule has 0 unspecified atom stereocenters. The van der Waals surface area contributed by atoms with Crippen molar-refractivity contribution in [3.8, 4) is 0 Å². The second-order valence-electron chi connectivity index (χ2n) is 4.26. The number of nitrogens with two attached hydrogens (primary N) is 1. The average molecular weight is 221 g/mol. The Balaban J connectivity index is 1.80. The molecule has 1 saturated carbocycles. The number of hydrogen-bond donors (Lipinski definition) is 3. The van der Waals surface area contributed by atoms with Crippen molar-refractivity contribution in [1.29, 1.82) is 0 Å². The van der Waals surface area contributed by atoms with Crippen molar-refractivity contribution in [2.75, 3.05) is 30.0 Å². The van der Waals surface area contributed by atoms with Crippen LogP contribution in [-0.4, -0.2) is 23.6 Å². The molecular weight excluding hydrogens is 202 g/mol. The van der Waals surface area contributed by atoms with E-state index in [0.29, 0.717) is 5.95 Å². The van der Waals surface area contributed by atoms with Gasteiger partial charge in [0.15, 0.2) is 0 Å². The van der Waals surface area contributed by atoms with Gasteiger partial charge in [-0.05, 0) is 18.8 Å². The molecule has 0 amide bonds. The molecule has 0 spiro atoms. The van der Waals surface area contributed by atoms with Crippen LogP contribution in [0.5, 0.6) is 0 Å². The van der Waals surface area contributed by atoms with Crippen molar-refractivity contribution < 1.29 is 0 Å². The lowest BCUT2D eigenvalue weighted by atomic mass is 10.2. The van der Waals surface area contributed by atoms with Crippen LogP contribution in [0.1, 0.15) is 25.7 Å². The van der Waals surface area contributed by atoms with Crippen LogP contribution in [0.25, 0.3) is 0 Å². The molecule has 0 radical (unpaired) electrons. The first-order valence-electron chi connectivity index (χ1n) is 5.84. The fourth-order valence-electron chi connectivity index (χ4n) is 1.70. The van der Waals surface area contributed by atoms with E-state index in [9.17, 15) is 0 Å². The van der Waals surface area contributed by atoms with Gasteiger partial charge in [0.25, 0.3) is 0 Å². The van der Waals surface area contributed by atoms with Gasteiger partial charge in [0.2, 0.25) is 5.95 Å². The summed E-state index contributed by atoms with van der Waals surface area (Å²) in [5.74, 6) is 2.84. The molecule has 1 aromatic heterocycles. The number of nitrogens with one attached hydrogen (secondary N) is 2. The first-order chi connectivity index (χ1) is 7.78. The summed E-state index contributed by atoms with van der Waals surface area (Å²) in [5.41, 5.74) is 5.60. The van der Waals surface area contributed by atoms with Crippen LogP contribution in [0, 0.1) is 5.92 Å². The van der Waals surface area contributed by atoms with Crippen LogP contribution in [0.4, 0.5) is 17.6 Å². The monoisotopic (exact) mass is 221 g/mol. The summed E-state index contributed by atoms with van der Waals surface area (Å²) in [7, 11) is 1.82. The molecule has 4 N–H and O–H groups in total. The van der Waals surface area contributed by atoms with Crippen LogP contribution in [0.2, 0.25) is 0 Å². The zero-order valence-electron chi connectivity index (χ0n) is 9.66. The van der Waals surface area contributed by atoms with Gasteiger partial charge in [0, 0.05) is 19.7 Å². The Kier molecular flexibility index (Phi) is 3.44. The maximum absolute atomic E-state index is 5.60. The van der Waals surface area contributed by atoms with Crippen LogP contribution in [0.3, 0.4) is 0 Å². The van der Waals surface area contributed by atoms with Gasteiger partial charge in [0.05, 0.1) is 0 Å². The van der Waals surface area contributed by atoms with Crippen molar-refractivity contribution >= 4 is 17.6 Å². The third-order valence-corrected chi connectivity index (χ3v) is 2.79. The lowest BCUT2D eigenvalue weighted by Crippen LogP contribution is -2.07. The fourth-order valence-corrected chi connectivity index (χ4v) is 1.70. The van der Waals surface area contributed by atoms with Crippen molar-refractivity contribution in [2.24, 2.45) is 5.92 Å². The minimum atomic E-state index is 0.302. The van der Waals surface area contributed by atoms with E-state index >= 15 is 0 Å². The molecule has 2 rings (SSSR count). The van der Waals surface area contributed by atoms with Gasteiger partial charge in [-0.2, -0.15) is 9.97 Å². The van der Waals surface area contributed by atoms with Gasteiger partial charge >= 0.3 is 0 Å². The highest BCUT2D eigenvalue weighted by atomic mass is 15.1. The number of rotatable bonds is 6. The second kappa shape index (κ2) is 5.01. The van der Waals surface area contributed by atoms with E-state index in [1.807, 2.05) is 13.1 Å². The SMILES string of the molecule is CNc1cc(NCCCC2CC2)nc(N)n1. The van der Waals surface area contributed by atoms with E-state index in [2.05, 4.69) is 20.6 Å². The van der Waals surface area contributed by atoms with Gasteiger partial charge in [-0.3, -0.25) is 0 Å². The maximum Gasteiger partial charge on any atom is 0.223 e. The van der Waals surface area contributed by atoms with Crippen LogP contribution in [-0.2, 0) is 0 Å². The molecule has 16 heavy (non-hydrogen) atoms. The number of hydrogen-bond acceptors (Lipinski definition) is 5. The highest BCUT2D eigenvalue weighted by Crippen LogP contribution is 2.33. The Hall–Kier alpha value is -1.52. The van der Waals surface area contributed by atoms with Crippen LogP contribution >= 0.6 is 0 Å². The number of anilines is 3. The molecule has 1 aromatic rings. The summed E-state index contributed by atoms with van der Waals surface area (Å²) in [6, 6.07) is 1.87. The van der Waals surface area contributed by atoms with E-state index in [1.165, 1.54) is 25.7 Å². The lowest BCUT2D eigenvalue weighted by molar-refractivity contribution is 0.686. The van der Waals surface area contributed by atoms with Gasteiger partial charge in [-0.25, -0.2) is 0 Å². The molecule has 0 saturated heterocycles.